The first-order chi connectivity index (χ1) is 14.6. The monoisotopic (exact) mass is 419 g/mol. The molecule has 3 heterocycles. The molecule has 31 heavy (non-hydrogen) atoms. The lowest BCUT2D eigenvalue weighted by atomic mass is 9.96. The van der Waals surface area contributed by atoms with Crippen LogP contribution in [0, 0.1) is 0 Å². The number of hydrogen-bond acceptors (Lipinski definition) is 4. The largest absolute Gasteiger partial charge is 0.368 e. The Labute approximate surface area is 184 Å². The summed E-state index contributed by atoms with van der Waals surface area (Å²) in [7, 11) is 2.14. The van der Waals surface area contributed by atoms with E-state index in [9.17, 15) is 4.79 Å². The summed E-state index contributed by atoms with van der Waals surface area (Å²) in [5, 5.41) is 4.76. The van der Waals surface area contributed by atoms with Gasteiger partial charge in [-0.1, -0.05) is 7.43 Å². The number of hydrogen-bond donors (Lipinski definition) is 1. The van der Waals surface area contributed by atoms with E-state index in [0.29, 0.717) is 0 Å². The number of aryl methyl sites for hydroxylation is 2. The Hall–Kier alpha value is -3.02. The van der Waals surface area contributed by atoms with E-state index in [1.807, 2.05) is 4.90 Å². The zero-order chi connectivity index (χ0) is 20.7. The highest BCUT2D eigenvalue weighted by atomic mass is 16.2. The number of nitrogens with zero attached hydrogens (tertiary/aromatic N) is 4. The molecule has 1 aliphatic carbocycles. The van der Waals surface area contributed by atoms with Gasteiger partial charge >= 0.3 is 0 Å². The third-order valence-corrected chi connectivity index (χ3v) is 6.59. The van der Waals surface area contributed by atoms with Crippen LogP contribution in [0.3, 0.4) is 0 Å². The van der Waals surface area contributed by atoms with Crippen LogP contribution in [0.25, 0.3) is 11.0 Å². The molecule has 0 saturated carbocycles. The second kappa shape index (κ2) is 8.61. The van der Waals surface area contributed by atoms with Crippen LogP contribution in [0.2, 0.25) is 0 Å². The third-order valence-electron chi connectivity index (χ3n) is 6.59. The number of pyridine rings is 1. The van der Waals surface area contributed by atoms with Gasteiger partial charge in [0.15, 0.2) is 0 Å². The molecule has 2 aliphatic rings. The van der Waals surface area contributed by atoms with Crippen LogP contribution in [-0.2, 0) is 24.7 Å². The van der Waals surface area contributed by atoms with Crippen LogP contribution < -0.4 is 10.2 Å². The van der Waals surface area contributed by atoms with Crippen LogP contribution in [0.5, 0.6) is 0 Å². The van der Waals surface area contributed by atoms with Crippen LogP contribution in [0.1, 0.15) is 38.4 Å². The maximum absolute atomic E-state index is 11.5. The molecule has 1 aliphatic heterocycles. The molecular weight excluding hydrogens is 386 g/mol. The average Bonchev–Trinajstić information content (AvgIpc) is 3.06. The zero-order valence-electron chi connectivity index (χ0n) is 17.8. The van der Waals surface area contributed by atoms with Crippen molar-refractivity contribution in [3.05, 3.63) is 47.7 Å². The number of benzene rings is 1. The van der Waals surface area contributed by atoms with Gasteiger partial charge in [0.05, 0.1) is 0 Å². The summed E-state index contributed by atoms with van der Waals surface area (Å²) >= 11 is 0. The van der Waals surface area contributed by atoms with Crippen molar-refractivity contribution in [3.63, 3.8) is 0 Å². The fourth-order valence-electron chi connectivity index (χ4n) is 4.87. The van der Waals surface area contributed by atoms with Crippen molar-refractivity contribution >= 4 is 34.1 Å². The van der Waals surface area contributed by atoms with Gasteiger partial charge in [-0.05, 0) is 67.6 Å². The van der Waals surface area contributed by atoms with Crippen LogP contribution in [-0.4, -0.2) is 46.5 Å². The molecule has 0 atom stereocenters. The van der Waals surface area contributed by atoms with Crippen molar-refractivity contribution < 1.29 is 4.79 Å². The fraction of sp³-hybridized carbons (Fsp3) is 0.440. The van der Waals surface area contributed by atoms with Crippen LogP contribution in [0.4, 0.5) is 17.2 Å². The van der Waals surface area contributed by atoms with Crippen LogP contribution in [0.15, 0.2) is 36.4 Å². The number of rotatable bonds is 3. The van der Waals surface area contributed by atoms with Crippen molar-refractivity contribution in [1.29, 1.82) is 0 Å². The Kier molecular flexibility index (Phi) is 5.90. The molecule has 6 heteroatoms. The lowest BCUT2D eigenvalue weighted by Crippen LogP contribution is -2.48. The van der Waals surface area contributed by atoms with Gasteiger partial charge in [-0.2, -0.15) is 0 Å². The second-order valence-corrected chi connectivity index (χ2v) is 8.42. The summed E-state index contributed by atoms with van der Waals surface area (Å²) < 4.78 is 2.28. The number of aromatic nitrogens is 2. The Morgan fingerprint density at radius 3 is 2.39 bits per heavy atom. The maximum atomic E-state index is 11.5. The highest BCUT2D eigenvalue weighted by Crippen LogP contribution is 2.32. The summed E-state index contributed by atoms with van der Waals surface area (Å²) in [6.45, 7) is 4.98. The van der Waals surface area contributed by atoms with E-state index in [1.54, 1.807) is 6.92 Å². The lowest BCUT2D eigenvalue weighted by Gasteiger charge is -2.35. The number of piperazine rings is 1. The molecule has 1 fully saturated rings. The third kappa shape index (κ3) is 3.99. The molecule has 1 aromatic carbocycles. The molecule has 164 valence electrons. The molecule has 0 spiro atoms. The average molecular weight is 420 g/mol. The number of carbonyl (C=O) groups excluding carboxylic acids is 1. The summed E-state index contributed by atoms with van der Waals surface area (Å²) in [6, 6.07) is 12.8. The Morgan fingerprint density at radius 1 is 0.968 bits per heavy atom. The van der Waals surface area contributed by atoms with Gasteiger partial charge < -0.3 is 19.7 Å². The molecule has 0 radical (unpaired) electrons. The highest BCUT2D eigenvalue weighted by molar-refractivity contribution is 5.84. The number of nitrogens with one attached hydrogen (secondary N) is 1. The zero-order valence-corrected chi connectivity index (χ0v) is 17.8. The summed E-state index contributed by atoms with van der Waals surface area (Å²) in [5.74, 6) is 1.04. The standard InChI is InChI=1S/C24H29N5O.CH4/c1-17(30)28-13-15-29(16-14-28)19-9-7-18(8-10-19)25-23-12-11-21-20-5-3-4-6-22(20)27(2)24(21)26-23;/h7-12H,3-6,13-16H2,1-2H3,(H,25,26);1H4. The Morgan fingerprint density at radius 2 is 1.68 bits per heavy atom. The van der Waals surface area contributed by atoms with Gasteiger partial charge in [-0.25, -0.2) is 4.98 Å². The van der Waals surface area contributed by atoms with Gasteiger partial charge in [-0.3, -0.25) is 4.79 Å². The SMILES string of the molecule is C.CC(=O)N1CCN(c2ccc(Nc3ccc4c5c(n(C)c4n3)CCCC5)cc2)CC1. The topological polar surface area (TPSA) is 53.4 Å². The van der Waals surface area contributed by atoms with Crippen molar-refractivity contribution in [2.24, 2.45) is 7.05 Å². The Balaban J connectivity index is 0.00000231. The molecule has 6 nitrogen and oxygen atoms in total. The molecule has 3 aromatic rings. The highest BCUT2D eigenvalue weighted by Gasteiger charge is 2.20. The van der Waals surface area contributed by atoms with Gasteiger partial charge in [0.2, 0.25) is 5.91 Å². The van der Waals surface area contributed by atoms with E-state index in [4.69, 9.17) is 4.98 Å². The number of amides is 1. The second-order valence-electron chi connectivity index (χ2n) is 8.42. The molecule has 2 aromatic heterocycles. The predicted molar refractivity (Wildman–Crippen MR) is 128 cm³/mol. The lowest BCUT2D eigenvalue weighted by molar-refractivity contribution is -0.129. The quantitative estimate of drug-likeness (QED) is 0.679. The molecular formula is C25H33N5O. The van der Waals surface area contributed by atoms with E-state index in [2.05, 4.69) is 58.2 Å². The first-order valence-electron chi connectivity index (χ1n) is 10.9. The van der Waals surface area contributed by atoms with E-state index in [0.717, 1.165) is 49.8 Å². The molecule has 0 bridgehead atoms. The minimum atomic E-state index is 0. The smallest absolute Gasteiger partial charge is 0.219 e. The van der Waals surface area contributed by atoms with E-state index >= 15 is 0 Å². The summed E-state index contributed by atoms with van der Waals surface area (Å²) in [5.41, 5.74) is 6.25. The first-order valence-corrected chi connectivity index (χ1v) is 10.9. The molecule has 0 unspecified atom stereocenters. The van der Waals surface area contributed by atoms with Crippen LogP contribution >= 0.6 is 0 Å². The van der Waals surface area contributed by atoms with Gasteiger partial charge in [0, 0.05) is 62.6 Å². The predicted octanol–water partition coefficient (Wildman–Crippen LogP) is 4.50. The normalized spacial score (nSPS) is 16.1. The molecule has 5 rings (SSSR count). The summed E-state index contributed by atoms with van der Waals surface area (Å²) in [4.78, 5) is 20.7. The number of anilines is 3. The minimum Gasteiger partial charge on any atom is -0.368 e. The van der Waals surface area contributed by atoms with Crippen molar-refractivity contribution in [3.8, 4) is 0 Å². The van der Waals surface area contributed by atoms with Gasteiger partial charge in [0.25, 0.3) is 0 Å². The fourth-order valence-corrected chi connectivity index (χ4v) is 4.87. The molecule has 1 saturated heterocycles. The summed E-state index contributed by atoms with van der Waals surface area (Å²) in [6.07, 6.45) is 4.89. The van der Waals surface area contributed by atoms with Crippen molar-refractivity contribution in [2.45, 2.75) is 40.0 Å². The van der Waals surface area contributed by atoms with E-state index in [1.165, 1.54) is 41.6 Å². The molecule has 1 N–H and O–H groups in total. The van der Waals surface area contributed by atoms with E-state index < -0.39 is 0 Å². The van der Waals surface area contributed by atoms with E-state index in [-0.39, 0.29) is 13.3 Å². The van der Waals surface area contributed by atoms with Crippen molar-refractivity contribution in [2.75, 3.05) is 36.4 Å². The number of carbonyl (C=O) groups is 1. The first kappa shape index (κ1) is 21.2. The number of fused-ring (bicyclic) bond motifs is 3. The van der Waals surface area contributed by atoms with Gasteiger partial charge in [0.1, 0.15) is 11.5 Å². The minimum absolute atomic E-state index is 0. The van der Waals surface area contributed by atoms with Gasteiger partial charge in [-0.15, -0.1) is 0 Å². The Bertz CT molecular complexity index is 1080. The molecule has 1 amide bonds. The maximum Gasteiger partial charge on any atom is 0.219 e. The van der Waals surface area contributed by atoms with Crippen molar-refractivity contribution in [1.82, 2.24) is 14.5 Å².